The number of carboxylic acid groups (broad SMARTS) is 1. The normalized spacial score (nSPS) is 34.5. The van der Waals surface area contributed by atoms with Crippen molar-refractivity contribution in [3.8, 4) is 6.07 Å². The summed E-state index contributed by atoms with van der Waals surface area (Å²) in [5, 5.41) is 28.0. The van der Waals surface area contributed by atoms with E-state index in [0.29, 0.717) is 17.0 Å². The monoisotopic (exact) mass is 860 g/mol. The number of imide groups is 2. The van der Waals surface area contributed by atoms with Gasteiger partial charge in [0.15, 0.2) is 5.69 Å². The van der Waals surface area contributed by atoms with Crippen LogP contribution in [-0.4, -0.2) is 80.4 Å². The molecule has 4 unspecified atom stereocenters. The van der Waals surface area contributed by atoms with Gasteiger partial charge in [-0.1, -0.05) is 6.07 Å². The van der Waals surface area contributed by atoms with Crippen LogP contribution < -0.4 is 9.80 Å². The van der Waals surface area contributed by atoms with Crippen LogP contribution in [-0.2, 0) is 55.3 Å². The van der Waals surface area contributed by atoms with Crippen molar-refractivity contribution in [3.05, 3.63) is 64.5 Å². The molecule has 15 nitrogen and oxygen atoms in total. The molecule has 4 bridgehead atoms. The minimum atomic E-state index is -4.88. The van der Waals surface area contributed by atoms with Crippen LogP contribution in [0.1, 0.15) is 70.1 Å². The number of aliphatic hydroxyl groups excluding tert-OH is 1. The minimum absolute atomic E-state index is 0.0531. The van der Waals surface area contributed by atoms with Gasteiger partial charge in [-0.3, -0.25) is 28.8 Å². The maximum atomic E-state index is 13.4. The first kappa shape index (κ1) is 43.2. The predicted molar refractivity (Wildman–Crippen MR) is 191 cm³/mol. The average Bonchev–Trinajstić information content (AvgIpc) is 3.90. The van der Waals surface area contributed by atoms with E-state index in [-0.39, 0.29) is 24.2 Å². The van der Waals surface area contributed by atoms with Gasteiger partial charge in [0, 0.05) is 18.5 Å². The van der Waals surface area contributed by atoms with Gasteiger partial charge < -0.3 is 24.4 Å². The van der Waals surface area contributed by atoms with Crippen molar-refractivity contribution in [1.82, 2.24) is 0 Å². The summed E-state index contributed by atoms with van der Waals surface area (Å²) in [7, 11) is 0. The number of nitrogens with zero attached hydrogens (tertiary/aromatic N) is 4. The Morgan fingerprint density at radius 3 is 1.79 bits per heavy atom. The average molecular weight is 861 g/mol. The maximum Gasteiger partial charge on any atom is 0.417 e. The molecule has 6 aliphatic rings. The van der Waals surface area contributed by atoms with Crippen molar-refractivity contribution >= 4 is 52.6 Å². The summed E-state index contributed by atoms with van der Waals surface area (Å²) >= 11 is 0. The van der Waals surface area contributed by atoms with Crippen molar-refractivity contribution in [1.29, 1.82) is 5.26 Å². The topological polar surface area (TPSA) is 205 Å². The first-order valence-corrected chi connectivity index (χ1v) is 18.6. The largest absolute Gasteiger partial charge is 0.481 e. The molecule has 2 aromatic carbocycles. The van der Waals surface area contributed by atoms with Crippen LogP contribution in [0.4, 0.5) is 43.4 Å². The van der Waals surface area contributed by atoms with Gasteiger partial charge in [0.05, 0.1) is 88.8 Å². The van der Waals surface area contributed by atoms with E-state index in [2.05, 4.69) is 4.85 Å². The quantitative estimate of drug-likeness (QED) is 0.169. The molecule has 4 amide bonds. The third-order valence-electron chi connectivity index (χ3n) is 12.7. The Bertz CT molecular complexity index is 2410. The fourth-order valence-electron chi connectivity index (χ4n) is 10.1. The van der Waals surface area contributed by atoms with Gasteiger partial charge in [0.25, 0.3) is 0 Å². The number of rotatable bonds is 6. The third kappa shape index (κ3) is 6.43. The second kappa shape index (κ2) is 13.8. The van der Waals surface area contributed by atoms with E-state index in [0.717, 1.165) is 29.2 Å². The van der Waals surface area contributed by atoms with Gasteiger partial charge in [-0.05, 0) is 58.0 Å². The summed E-state index contributed by atoms with van der Waals surface area (Å²) < 4.78 is 97.3. The molecule has 6 saturated heterocycles. The molecule has 21 heteroatoms. The highest BCUT2D eigenvalue weighted by Gasteiger charge is 2.77. The van der Waals surface area contributed by atoms with Crippen LogP contribution in [0.5, 0.6) is 0 Å². The van der Waals surface area contributed by atoms with Crippen LogP contribution in [0.25, 0.3) is 4.85 Å². The smallest absolute Gasteiger partial charge is 0.417 e. The summed E-state index contributed by atoms with van der Waals surface area (Å²) in [6.45, 7) is 13.1. The Hall–Kier alpha value is -5.90. The number of ether oxygens (including phenoxy) is 3. The van der Waals surface area contributed by atoms with Crippen LogP contribution in [0.3, 0.4) is 0 Å². The van der Waals surface area contributed by atoms with Crippen molar-refractivity contribution < 1.29 is 79.5 Å². The van der Waals surface area contributed by atoms with E-state index in [9.17, 15) is 60.2 Å². The molecule has 0 aliphatic carbocycles. The molecule has 0 spiro atoms. The summed E-state index contributed by atoms with van der Waals surface area (Å²) in [4.78, 5) is 79.6. The molecular weight excluding hydrogens is 826 g/mol. The van der Waals surface area contributed by atoms with E-state index in [1.165, 1.54) is 13.0 Å². The molecule has 6 aliphatic heterocycles. The van der Waals surface area contributed by atoms with Gasteiger partial charge in [-0.25, -0.2) is 14.6 Å². The number of esters is 1. The van der Waals surface area contributed by atoms with Crippen molar-refractivity contribution in [2.75, 3.05) is 9.80 Å². The molecule has 10 atom stereocenters. The molecule has 2 aromatic rings. The Labute approximate surface area is 341 Å². The fourth-order valence-corrected chi connectivity index (χ4v) is 10.1. The molecule has 0 aromatic heterocycles. The molecule has 322 valence electrons. The number of hydrogen-bond donors (Lipinski definition) is 2. The second-order valence-electron chi connectivity index (χ2n) is 16.6. The first-order valence-electron chi connectivity index (χ1n) is 18.6. The number of halogens is 6. The fraction of sp³-hybridized carbons (Fsp3) is 0.500. The molecule has 0 radical (unpaired) electrons. The number of carbonyl (C=O) groups is 6. The third-order valence-corrected chi connectivity index (χ3v) is 12.7. The van der Waals surface area contributed by atoms with Crippen LogP contribution >= 0.6 is 0 Å². The number of amides is 4. The lowest BCUT2D eigenvalue weighted by atomic mass is 9.67. The standard InChI is InChI=1S/C22H19F3N2O7.C18H15F3N2O4/c1-20-8-13(33-15(30)6-5-14(28)29)21(2,34-20)17-16(20)18(31)27(19(17)32)11-4-3-10(9-26)12(7-11)22(23,24)25;1-16-7-11(24)17(2,27-16)13-12(16)14(25)23(15(13)26)8-4-5-10(22-3)9(6-8)18(19,20)21/h3-4,7,13,16-17H,5-6,8H2,1-2H3,(H,28,29);4-6,11-13,24H,7H2,1-2H3/t13-,16+,17-,20?,21?;11-,12+,13-,16?,17?/m10/s1. The van der Waals surface area contributed by atoms with Crippen molar-refractivity contribution in [3.63, 3.8) is 0 Å². The second-order valence-corrected chi connectivity index (χ2v) is 16.6. The molecule has 2 N–H and O–H groups in total. The van der Waals surface area contributed by atoms with E-state index in [4.69, 9.17) is 31.2 Å². The Morgan fingerprint density at radius 1 is 0.803 bits per heavy atom. The van der Waals surface area contributed by atoms with Gasteiger partial charge in [-0.2, -0.15) is 31.6 Å². The van der Waals surface area contributed by atoms with E-state index >= 15 is 0 Å². The van der Waals surface area contributed by atoms with Gasteiger partial charge in [0.1, 0.15) is 17.3 Å². The molecular formula is C40H34F6N4O11. The Balaban J connectivity index is 0.000000189. The Morgan fingerprint density at radius 2 is 1.28 bits per heavy atom. The number of carboxylic acids is 1. The molecule has 6 fully saturated rings. The van der Waals surface area contributed by atoms with Crippen molar-refractivity contribution in [2.24, 2.45) is 23.7 Å². The number of fused-ring (bicyclic) bond motifs is 10. The number of alkyl halides is 6. The number of aliphatic hydroxyl groups is 1. The van der Waals surface area contributed by atoms with Crippen LogP contribution in [0, 0.1) is 41.6 Å². The number of nitriles is 1. The maximum absolute atomic E-state index is 13.4. The zero-order chi connectivity index (χ0) is 45.2. The zero-order valence-corrected chi connectivity index (χ0v) is 32.4. The van der Waals surface area contributed by atoms with Gasteiger partial charge >= 0.3 is 24.3 Å². The number of anilines is 2. The Kier molecular flexibility index (Phi) is 9.78. The lowest BCUT2D eigenvalue weighted by molar-refractivity contribution is -0.163. The van der Waals surface area contributed by atoms with Crippen molar-refractivity contribution in [2.45, 2.75) is 100 Å². The van der Waals surface area contributed by atoms with E-state index in [1.807, 2.05) is 0 Å². The molecule has 0 saturated carbocycles. The number of hydrogen-bond acceptors (Lipinski definition) is 11. The summed E-state index contributed by atoms with van der Waals surface area (Å²) in [5.74, 6) is -8.84. The summed E-state index contributed by atoms with van der Waals surface area (Å²) in [6, 6.07) is 6.78. The molecule has 61 heavy (non-hydrogen) atoms. The summed E-state index contributed by atoms with van der Waals surface area (Å²) in [6.07, 6.45) is -12.2. The highest BCUT2D eigenvalue weighted by atomic mass is 19.4. The number of aliphatic carboxylic acids is 1. The van der Waals surface area contributed by atoms with Gasteiger partial charge in [0.2, 0.25) is 23.6 Å². The lowest BCUT2D eigenvalue weighted by Gasteiger charge is -2.34. The zero-order valence-electron chi connectivity index (χ0n) is 32.4. The van der Waals surface area contributed by atoms with E-state index < -0.39 is 141 Å². The first-order chi connectivity index (χ1) is 28.2. The SMILES string of the molecule is CC12C[C@@H](OC(=O)CCC(=O)O)C(C)(O1)[C@H]1C(=O)N(c3ccc(C#N)c(C(F)(F)F)c3)C(=O)[C@H]12.[C-]#[N+]c1ccc(N2C(=O)[C@@H]3[C@H](C2=O)C2(C)C[C@H](O)C3(C)O2)cc1C(F)(F)F. The molecule has 6 heterocycles. The number of benzene rings is 2. The van der Waals surface area contributed by atoms with Crippen LogP contribution in [0.2, 0.25) is 0 Å². The number of carbonyl (C=O) groups excluding carboxylic acids is 5. The highest BCUT2D eigenvalue weighted by Crippen LogP contribution is 2.63. The highest BCUT2D eigenvalue weighted by molar-refractivity contribution is 6.24. The minimum Gasteiger partial charge on any atom is -0.481 e. The molecule has 8 rings (SSSR count). The van der Waals surface area contributed by atoms with E-state index in [1.54, 1.807) is 20.8 Å². The van der Waals surface area contributed by atoms with Crippen LogP contribution in [0.15, 0.2) is 36.4 Å². The van der Waals surface area contributed by atoms with Gasteiger partial charge in [-0.15, -0.1) is 0 Å². The lowest BCUT2D eigenvalue weighted by Crippen LogP contribution is -2.50. The predicted octanol–water partition coefficient (Wildman–Crippen LogP) is 5.08. The summed E-state index contributed by atoms with van der Waals surface area (Å²) in [5.41, 5.74) is -9.26.